The number of halogens is 2. The molecule has 0 aliphatic heterocycles. The largest absolute Gasteiger partial charge is 0.497 e. The number of hydrogen-bond donors (Lipinski definition) is 1. The molecule has 0 unspecified atom stereocenters. The third-order valence-electron chi connectivity index (χ3n) is 5.65. The second-order valence-corrected chi connectivity index (χ2v) is 8.88. The van der Waals surface area contributed by atoms with Crippen LogP contribution in [0.5, 0.6) is 11.5 Å². The van der Waals surface area contributed by atoms with Gasteiger partial charge in [0.1, 0.15) is 11.5 Å². The maximum Gasteiger partial charge on any atom is 0.387 e. The molecule has 7 nitrogen and oxygen atoms in total. The molecular weight excluding hydrogens is 462 g/mol. The molecule has 1 aromatic heterocycles. The summed E-state index contributed by atoms with van der Waals surface area (Å²) in [6.07, 6.45) is 5.63. The van der Waals surface area contributed by atoms with Crippen molar-refractivity contribution in [3.63, 3.8) is 0 Å². The Morgan fingerprint density at radius 2 is 1.74 bits per heavy atom. The lowest BCUT2D eigenvalue weighted by Gasteiger charge is -2.25. The Morgan fingerprint density at radius 3 is 2.38 bits per heavy atom. The van der Waals surface area contributed by atoms with Crippen molar-refractivity contribution in [2.24, 2.45) is 0 Å². The fourth-order valence-electron chi connectivity index (χ4n) is 4.03. The first-order valence-electron chi connectivity index (χ1n) is 11.1. The van der Waals surface area contributed by atoms with Gasteiger partial charge in [-0.25, -0.2) is 0 Å². The van der Waals surface area contributed by atoms with E-state index >= 15 is 0 Å². The summed E-state index contributed by atoms with van der Waals surface area (Å²) in [5, 5.41) is 12.3. The number of nitrogens with zero attached hydrogens (tertiary/aromatic N) is 3. The smallest absolute Gasteiger partial charge is 0.387 e. The number of ether oxygens (including phenoxy) is 2. The number of carbonyl (C=O) groups excluding carboxylic acids is 1. The minimum atomic E-state index is -2.89. The third-order valence-corrected chi connectivity index (χ3v) is 6.59. The molecule has 10 heteroatoms. The van der Waals surface area contributed by atoms with Gasteiger partial charge >= 0.3 is 6.61 Å². The number of alkyl halides is 2. The van der Waals surface area contributed by atoms with Gasteiger partial charge in [-0.15, -0.1) is 10.2 Å². The molecule has 1 fully saturated rings. The van der Waals surface area contributed by atoms with Crippen LogP contribution in [0, 0.1) is 0 Å². The second-order valence-electron chi connectivity index (χ2n) is 7.94. The standard InChI is InChI=1S/C24H26F2N4O3S/c1-32-19-11-7-16(8-12-19)22-28-29-24(30(22)18-5-3-2-4-6-18)34-15-21(31)27-17-9-13-20(14-10-17)33-23(25)26/h7-14,18,23H,2-6,15H2,1H3,(H,27,31). The van der Waals surface area contributed by atoms with Crippen molar-refractivity contribution in [1.82, 2.24) is 14.8 Å². The molecule has 1 heterocycles. The normalized spacial score (nSPS) is 14.2. The van der Waals surface area contributed by atoms with E-state index in [2.05, 4.69) is 24.8 Å². The summed E-state index contributed by atoms with van der Waals surface area (Å²) in [6, 6.07) is 13.8. The molecule has 0 saturated heterocycles. The zero-order valence-electron chi connectivity index (χ0n) is 18.7. The van der Waals surface area contributed by atoms with Crippen LogP contribution in [0.15, 0.2) is 53.7 Å². The SMILES string of the molecule is COc1ccc(-c2nnc(SCC(=O)Nc3ccc(OC(F)F)cc3)n2C2CCCCC2)cc1. The van der Waals surface area contributed by atoms with E-state index < -0.39 is 6.61 Å². The predicted octanol–water partition coefficient (Wildman–Crippen LogP) is 5.79. The minimum Gasteiger partial charge on any atom is -0.497 e. The number of carbonyl (C=O) groups is 1. The van der Waals surface area contributed by atoms with Gasteiger partial charge in [-0.05, 0) is 61.4 Å². The van der Waals surface area contributed by atoms with E-state index in [4.69, 9.17) is 4.74 Å². The van der Waals surface area contributed by atoms with Crippen LogP contribution in [0.2, 0.25) is 0 Å². The first-order valence-corrected chi connectivity index (χ1v) is 12.1. The van der Waals surface area contributed by atoms with Crippen molar-refractivity contribution >= 4 is 23.4 Å². The van der Waals surface area contributed by atoms with Crippen molar-refractivity contribution in [3.05, 3.63) is 48.5 Å². The molecule has 1 amide bonds. The lowest BCUT2D eigenvalue weighted by atomic mass is 9.95. The van der Waals surface area contributed by atoms with E-state index in [0.717, 1.165) is 42.8 Å². The summed E-state index contributed by atoms with van der Waals surface area (Å²) in [5.41, 5.74) is 1.45. The minimum absolute atomic E-state index is 0.0361. The number of rotatable bonds is 9. The summed E-state index contributed by atoms with van der Waals surface area (Å²) >= 11 is 1.33. The molecule has 1 saturated carbocycles. The quantitative estimate of drug-likeness (QED) is 0.384. The highest BCUT2D eigenvalue weighted by Gasteiger charge is 2.24. The highest BCUT2D eigenvalue weighted by molar-refractivity contribution is 7.99. The van der Waals surface area contributed by atoms with Crippen molar-refractivity contribution in [3.8, 4) is 22.9 Å². The fraction of sp³-hybridized carbons (Fsp3) is 0.375. The number of methoxy groups -OCH3 is 1. The molecule has 3 aromatic rings. The Morgan fingerprint density at radius 1 is 1.06 bits per heavy atom. The summed E-state index contributed by atoms with van der Waals surface area (Å²) in [5.74, 6) is 1.51. The molecule has 1 aliphatic carbocycles. The van der Waals surface area contributed by atoms with Crippen LogP contribution in [0.3, 0.4) is 0 Å². The topological polar surface area (TPSA) is 78.3 Å². The van der Waals surface area contributed by atoms with Gasteiger partial charge in [-0.3, -0.25) is 9.36 Å². The second kappa shape index (κ2) is 11.3. The Hall–Kier alpha value is -3.14. The molecule has 0 spiro atoms. The molecule has 2 aromatic carbocycles. The third kappa shape index (κ3) is 6.05. The van der Waals surface area contributed by atoms with E-state index in [-0.39, 0.29) is 23.5 Å². The predicted molar refractivity (Wildman–Crippen MR) is 127 cm³/mol. The van der Waals surface area contributed by atoms with Gasteiger partial charge in [-0.2, -0.15) is 8.78 Å². The number of anilines is 1. The Kier molecular flexibility index (Phi) is 7.99. The summed E-state index contributed by atoms with van der Waals surface area (Å²) < 4.78 is 36.3. The lowest BCUT2D eigenvalue weighted by Crippen LogP contribution is -2.17. The number of amides is 1. The average molecular weight is 489 g/mol. The molecule has 4 rings (SSSR count). The van der Waals surface area contributed by atoms with Gasteiger partial charge in [0.25, 0.3) is 0 Å². The first kappa shape index (κ1) is 24.0. The zero-order valence-corrected chi connectivity index (χ0v) is 19.6. The molecule has 1 N–H and O–H groups in total. The van der Waals surface area contributed by atoms with E-state index in [9.17, 15) is 13.6 Å². The maximum absolute atomic E-state index is 12.5. The number of benzene rings is 2. The highest BCUT2D eigenvalue weighted by Crippen LogP contribution is 2.36. The number of nitrogens with one attached hydrogen (secondary N) is 1. The summed E-state index contributed by atoms with van der Waals surface area (Å²) in [6.45, 7) is -2.89. The summed E-state index contributed by atoms with van der Waals surface area (Å²) in [4.78, 5) is 12.5. The van der Waals surface area contributed by atoms with E-state index in [1.807, 2.05) is 24.3 Å². The first-order chi connectivity index (χ1) is 16.5. The van der Waals surface area contributed by atoms with Crippen LogP contribution in [0.1, 0.15) is 38.1 Å². The molecule has 180 valence electrons. The summed E-state index contributed by atoms with van der Waals surface area (Å²) in [7, 11) is 1.63. The fourth-order valence-corrected chi connectivity index (χ4v) is 4.83. The van der Waals surface area contributed by atoms with Gasteiger partial charge in [0.05, 0.1) is 12.9 Å². The van der Waals surface area contributed by atoms with E-state index in [1.54, 1.807) is 7.11 Å². The molecule has 0 atom stereocenters. The van der Waals surface area contributed by atoms with Gasteiger partial charge < -0.3 is 14.8 Å². The molecule has 0 bridgehead atoms. The van der Waals surface area contributed by atoms with Crippen LogP contribution in [0.4, 0.5) is 14.5 Å². The van der Waals surface area contributed by atoms with Crippen molar-refractivity contribution < 1.29 is 23.0 Å². The number of hydrogen-bond acceptors (Lipinski definition) is 6. The molecule has 1 aliphatic rings. The van der Waals surface area contributed by atoms with Gasteiger partial charge in [-0.1, -0.05) is 31.0 Å². The van der Waals surface area contributed by atoms with Crippen LogP contribution >= 0.6 is 11.8 Å². The zero-order chi connectivity index (χ0) is 23.9. The Bertz CT molecular complexity index is 1080. The van der Waals surface area contributed by atoms with Crippen LogP contribution in [-0.2, 0) is 4.79 Å². The molecule has 34 heavy (non-hydrogen) atoms. The van der Waals surface area contributed by atoms with Crippen molar-refractivity contribution in [1.29, 1.82) is 0 Å². The van der Waals surface area contributed by atoms with Crippen LogP contribution in [-0.4, -0.2) is 40.1 Å². The maximum atomic E-state index is 12.5. The average Bonchev–Trinajstić information content (AvgIpc) is 3.28. The number of thioether (sulfide) groups is 1. The van der Waals surface area contributed by atoms with Crippen LogP contribution in [0.25, 0.3) is 11.4 Å². The van der Waals surface area contributed by atoms with Gasteiger partial charge in [0, 0.05) is 17.3 Å². The Balaban J connectivity index is 1.46. The highest BCUT2D eigenvalue weighted by atomic mass is 32.2. The molecular formula is C24H26F2N4O3S. The van der Waals surface area contributed by atoms with E-state index in [1.165, 1.54) is 42.4 Å². The monoisotopic (exact) mass is 488 g/mol. The lowest BCUT2D eigenvalue weighted by molar-refractivity contribution is -0.113. The molecule has 0 radical (unpaired) electrons. The van der Waals surface area contributed by atoms with Gasteiger partial charge in [0.15, 0.2) is 11.0 Å². The van der Waals surface area contributed by atoms with Gasteiger partial charge in [0.2, 0.25) is 5.91 Å². The van der Waals surface area contributed by atoms with Crippen LogP contribution < -0.4 is 14.8 Å². The Labute approximate surface area is 200 Å². The van der Waals surface area contributed by atoms with Crippen molar-refractivity contribution in [2.45, 2.75) is 49.9 Å². The number of aromatic nitrogens is 3. The van der Waals surface area contributed by atoms with Crippen molar-refractivity contribution in [2.75, 3.05) is 18.2 Å². The van der Waals surface area contributed by atoms with E-state index in [0.29, 0.717) is 10.8 Å².